The summed E-state index contributed by atoms with van der Waals surface area (Å²) in [6, 6.07) is 14.5. The predicted octanol–water partition coefficient (Wildman–Crippen LogP) is 3.90. The molecule has 21 heavy (non-hydrogen) atoms. The first-order valence-electron chi connectivity index (χ1n) is 7.35. The molecule has 1 saturated carbocycles. The van der Waals surface area contributed by atoms with E-state index in [1.165, 1.54) is 23.8 Å². The number of hydrogen-bond donors (Lipinski definition) is 1. The first-order chi connectivity index (χ1) is 10.2. The standard InChI is InChI=1S/C18H19F2N/c1-21-18(11-15-16(19)8-5-9-17(15)20)14-10-13(14)12-6-3-2-4-7-12/h2-9,13-14,18,21H,10-11H2,1H3. The lowest BCUT2D eigenvalue weighted by Gasteiger charge is -2.17. The zero-order valence-electron chi connectivity index (χ0n) is 12.0. The molecule has 1 fully saturated rings. The van der Waals surface area contributed by atoms with Crippen LogP contribution < -0.4 is 5.32 Å². The number of nitrogens with one attached hydrogen (secondary N) is 1. The first kappa shape index (κ1) is 14.2. The van der Waals surface area contributed by atoms with Crippen molar-refractivity contribution in [2.45, 2.75) is 24.8 Å². The van der Waals surface area contributed by atoms with Crippen LogP contribution >= 0.6 is 0 Å². The molecule has 0 spiro atoms. The van der Waals surface area contributed by atoms with E-state index in [0.717, 1.165) is 6.42 Å². The summed E-state index contributed by atoms with van der Waals surface area (Å²) in [4.78, 5) is 0. The van der Waals surface area contributed by atoms with E-state index in [4.69, 9.17) is 0 Å². The molecule has 3 atom stereocenters. The van der Waals surface area contributed by atoms with Crippen LogP contribution in [0.5, 0.6) is 0 Å². The topological polar surface area (TPSA) is 12.0 Å². The average molecular weight is 287 g/mol. The monoisotopic (exact) mass is 287 g/mol. The molecule has 3 heteroatoms. The van der Waals surface area contributed by atoms with Gasteiger partial charge >= 0.3 is 0 Å². The van der Waals surface area contributed by atoms with Gasteiger partial charge in [-0.1, -0.05) is 36.4 Å². The van der Waals surface area contributed by atoms with Crippen LogP contribution in [-0.4, -0.2) is 13.1 Å². The number of likely N-dealkylation sites (N-methyl/N-ethyl adjacent to an activating group) is 1. The van der Waals surface area contributed by atoms with E-state index in [-0.39, 0.29) is 11.6 Å². The average Bonchev–Trinajstić information content (AvgIpc) is 3.28. The molecule has 0 amide bonds. The summed E-state index contributed by atoms with van der Waals surface area (Å²) in [6.45, 7) is 0. The third kappa shape index (κ3) is 2.98. The second kappa shape index (κ2) is 5.94. The lowest BCUT2D eigenvalue weighted by molar-refractivity contribution is 0.462. The Morgan fingerprint density at radius 3 is 2.33 bits per heavy atom. The fourth-order valence-electron chi connectivity index (χ4n) is 3.16. The summed E-state index contributed by atoms with van der Waals surface area (Å²) in [7, 11) is 1.86. The molecule has 0 radical (unpaired) electrons. The second-order valence-electron chi connectivity index (χ2n) is 5.72. The quantitative estimate of drug-likeness (QED) is 0.879. The summed E-state index contributed by atoms with van der Waals surface area (Å²) in [5.74, 6) is 0.0363. The molecule has 1 nitrogen and oxygen atoms in total. The molecule has 110 valence electrons. The van der Waals surface area contributed by atoms with Gasteiger partial charge < -0.3 is 5.32 Å². The molecular formula is C18H19F2N. The molecule has 3 rings (SSSR count). The molecule has 1 aliphatic carbocycles. The summed E-state index contributed by atoms with van der Waals surface area (Å²) >= 11 is 0. The summed E-state index contributed by atoms with van der Waals surface area (Å²) in [6.07, 6.45) is 1.47. The van der Waals surface area contributed by atoms with Crippen molar-refractivity contribution >= 4 is 0 Å². The van der Waals surface area contributed by atoms with Crippen LogP contribution in [0, 0.1) is 17.6 Å². The molecule has 3 unspecified atom stereocenters. The zero-order chi connectivity index (χ0) is 14.8. The van der Waals surface area contributed by atoms with E-state index in [0.29, 0.717) is 18.3 Å². The van der Waals surface area contributed by atoms with Gasteiger partial charge in [0.15, 0.2) is 0 Å². The van der Waals surface area contributed by atoms with E-state index in [1.54, 1.807) is 0 Å². The van der Waals surface area contributed by atoms with Crippen molar-refractivity contribution in [3.63, 3.8) is 0 Å². The smallest absolute Gasteiger partial charge is 0.129 e. The molecule has 0 bridgehead atoms. The van der Waals surface area contributed by atoms with Gasteiger partial charge in [0.25, 0.3) is 0 Å². The van der Waals surface area contributed by atoms with E-state index >= 15 is 0 Å². The van der Waals surface area contributed by atoms with E-state index in [2.05, 4.69) is 17.4 Å². The second-order valence-corrected chi connectivity index (χ2v) is 5.72. The van der Waals surface area contributed by atoms with Gasteiger partial charge in [-0.05, 0) is 49.4 Å². The molecule has 0 saturated heterocycles. The Hall–Kier alpha value is -1.74. The van der Waals surface area contributed by atoms with Crippen molar-refractivity contribution in [1.29, 1.82) is 0 Å². The molecule has 1 N–H and O–H groups in total. The minimum absolute atomic E-state index is 0.0987. The van der Waals surface area contributed by atoms with Gasteiger partial charge in [0, 0.05) is 11.6 Å². The maximum Gasteiger partial charge on any atom is 0.129 e. The van der Waals surface area contributed by atoms with Crippen molar-refractivity contribution in [2.75, 3.05) is 7.05 Å². The Labute approximate surface area is 124 Å². The SMILES string of the molecule is CNC(Cc1c(F)cccc1F)C1CC1c1ccccc1. The zero-order valence-corrected chi connectivity index (χ0v) is 12.0. The molecule has 2 aromatic rings. The van der Waals surface area contributed by atoms with Crippen LogP contribution in [-0.2, 0) is 6.42 Å². The van der Waals surface area contributed by atoms with Crippen LogP contribution in [0.4, 0.5) is 8.78 Å². The number of halogens is 2. The highest BCUT2D eigenvalue weighted by Gasteiger charge is 2.43. The summed E-state index contributed by atoms with van der Waals surface area (Å²) in [5, 5.41) is 3.23. The minimum Gasteiger partial charge on any atom is -0.316 e. The van der Waals surface area contributed by atoms with Gasteiger partial charge in [-0.25, -0.2) is 8.78 Å². The number of hydrogen-bond acceptors (Lipinski definition) is 1. The highest BCUT2D eigenvalue weighted by atomic mass is 19.1. The number of benzene rings is 2. The van der Waals surface area contributed by atoms with Gasteiger partial charge in [0.1, 0.15) is 11.6 Å². The normalized spacial score (nSPS) is 22.0. The van der Waals surface area contributed by atoms with Crippen LogP contribution in [0.25, 0.3) is 0 Å². The lowest BCUT2D eigenvalue weighted by atomic mass is 9.98. The van der Waals surface area contributed by atoms with Gasteiger partial charge in [-0.2, -0.15) is 0 Å². The van der Waals surface area contributed by atoms with E-state index in [9.17, 15) is 8.78 Å². The molecule has 0 heterocycles. The lowest BCUT2D eigenvalue weighted by Crippen LogP contribution is -2.31. The first-order valence-corrected chi connectivity index (χ1v) is 7.35. The molecule has 0 aromatic heterocycles. The van der Waals surface area contributed by atoms with Crippen LogP contribution in [0.1, 0.15) is 23.5 Å². The molecule has 1 aliphatic rings. The van der Waals surface area contributed by atoms with Gasteiger partial charge in [-0.15, -0.1) is 0 Å². The third-order valence-electron chi connectivity index (χ3n) is 4.44. The molecule has 2 aromatic carbocycles. The Kier molecular flexibility index (Phi) is 4.02. The van der Waals surface area contributed by atoms with Crippen LogP contribution in [0.15, 0.2) is 48.5 Å². The Bertz CT molecular complexity index is 592. The Morgan fingerprint density at radius 1 is 1.05 bits per heavy atom. The van der Waals surface area contributed by atoms with Crippen molar-refractivity contribution < 1.29 is 8.78 Å². The maximum atomic E-state index is 13.8. The molecular weight excluding hydrogens is 268 g/mol. The fourth-order valence-corrected chi connectivity index (χ4v) is 3.16. The van der Waals surface area contributed by atoms with E-state index in [1.807, 2.05) is 25.2 Å². The largest absolute Gasteiger partial charge is 0.316 e. The van der Waals surface area contributed by atoms with Gasteiger partial charge in [0.05, 0.1) is 0 Å². The highest BCUT2D eigenvalue weighted by molar-refractivity contribution is 5.28. The highest BCUT2D eigenvalue weighted by Crippen LogP contribution is 2.50. The Balaban J connectivity index is 1.73. The maximum absolute atomic E-state index is 13.8. The van der Waals surface area contributed by atoms with Crippen LogP contribution in [0.3, 0.4) is 0 Å². The van der Waals surface area contributed by atoms with Crippen molar-refractivity contribution in [3.05, 3.63) is 71.3 Å². The summed E-state index contributed by atoms with van der Waals surface area (Å²) < 4.78 is 27.6. The Morgan fingerprint density at radius 2 is 1.71 bits per heavy atom. The summed E-state index contributed by atoms with van der Waals surface area (Å²) in [5.41, 5.74) is 1.51. The minimum atomic E-state index is -0.452. The van der Waals surface area contributed by atoms with Crippen molar-refractivity contribution in [1.82, 2.24) is 5.32 Å². The molecule has 0 aliphatic heterocycles. The fraction of sp³-hybridized carbons (Fsp3) is 0.333. The van der Waals surface area contributed by atoms with Gasteiger partial charge in [-0.3, -0.25) is 0 Å². The van der Waals surface area contributed by atoms with Crippen LogP contribution in [0.2, 0.25) is 0 Å². The predicted molar refractivity (Wildman–Crippen MR) is 80.2 cm³/mol. The third-order valence-corrected chi connectivity index (χ3v) is 4.44. The van der Waals surface area contributed by atoms with Crippen molar-refractivity contribution in [3.8, 4) is 0 Å². The van der Waals surface area contributed by atoms with Gasteiger partial charge in [0.2, 0.25) is 0 Å². The van der Waals surface area contributed by atoms with E-state index < -0.39 is 11.6 Å². The van der Waals surface area contributed by atoms with Crippen molar-refractivity contribution in [2.24, 2.45) is 5.92 Å². The number of rotatable bonds is 5.